The van der Waals surface area contributed by atoms with Gasteiger partial charge in [-0.1, -0.05) is 12.1 Å². The summed E-state index contributed by atoms with van der Waals surface area (Å²) in [5, 5.41) is 0. The Balaban J connectivity index is 1.59. The number of hydrogen-bond donors (Lipinski definition) is 0. The fourth-order valence-corrected chi connectivity index (χ4v) is 5.37. The van der Waals surface area contributed by atoms with Crippen LogP contribution in [0.5, 0.6) is 5.75 Å². The van der Waals surface area contributed by atoms with Gasteiger partial charge in [0.05, 0.1) is 7.11 Å². The Bertz CT molecular complexity index is 556. The summed E-state index contributed by atoms with van der Waals surface area (Å²) in [6.45, 7) is 5.79. The van der Waals surface area contributed by atoms with Crippen molar-refractivity contribution in [3.63, 3.8) is 0 Å². The van der Waals surface area contributed by atoms with E-state index in [4.69, 9.17) is 9.47 Å². The van der Waals surface area contributed by atoms with Crippen LogP contribution in [0.3, 0.4) is 0 Å². The van der Waals surface area contributed by atoms with Crippen LogP contribution in [-0.2, 0) is 4.74 Å². The highest BCUT2D eigenvalue weighted by atomic mass is 16.5. The van der Waals surface area contributed by atoms with Crippen molar-refractivity contribution < 1.29 is 9.47 Å². The summed E-state index contributed by atoms with van der Waals surface area (Å²) in [5.74, 6) is 2.48. The smallest absolute Gasteiger partial charge is 0.119 e. The number of rotatable bonds is 6. The summed E-state index contributed by atoms with van der Waals surface area (Å²) in [6.07, 6.45) is 3.90. The highest BCUT2D eigenvalue weighted by Gasteiger charge is 2.52. The van der Waals surface area contributed by atoms with Gasteiger partial charge < -0.3 is 9.47 Å². The van der Waals surface area contributed by atoms with Gasteiger partial charge in [-0.05, 0) is 56.0 Å². The number of benzene rings is 1. The second-order valence-electron chi connectivity index (χ2n) is 7.58. The predicted octanol–water partition coefficient (Wildman–Crippen LogP) is 2.59. The van der Waals surface area contributed by atoms with Crippen LogP contribution >= 0.6 is 0 Å². The topological polar surface area (TPSA) is 24.9 Å². The zero-order valence-corrected chi connectivity index (χ0v) is 15.0. The lowest BCUT2D eigenvalue weighted by Crippen LogP contribution is -2.60. The van der Waals surface area contributed by atoms with E-state index in [1.807, 2.05) is 0 Å². The van der Waals surface area contributed by atoms with Crippen molar-refractivity contribution in [1.82, 2.24) is 9.80 Å². The number of nitrogens with zero attached hydrogens (tertiary/aromatic N) is 2. The van der Waals surface area contributed by atoms with E-state index in [0.29, 0.717) is 12.0 Å². The molecule has 1 aromatic rings. The molecule has 0 radical (unpaired) electrons. The van der Waals surface area contributed by atoms with E-state index < -0.39 is 0 Å². The minimum absolute atomic E-state index is 0.607. The maximum atomic E-state index is 5.47. The van der Waals surface area contributed by atoms with E-state index in [1.165, 1.54) is 44.6 Å². The number of likely N-dealkylation sites (tertiary alicyclic amines) is 1. The first-order valence-corrected chi connectivity index (χ1v) is 9.43. The number of methoxy groups -OCH3 is 2. The molecule has 0 N–H and O–H groups in total. The molecule has 4 nitrogen and oxygen atoms in total. The third-order valence-electron chi connectivity index (χ3n) is 6.41. The van der Waals surface area contributed by atoms with E-state index >= 15 is 0 Å². The molecule has 1 aromatic carbocycles. The fourth-order valence-electron chi connectivity index (χ4n) is 5.37. The molecule has 0 aromatic heterocycles. The largest absolute Gasteiger partial charge is 0.497 e. The molecule has 0 unspecified atom stereocenters. The average Bonchev–Trinajstić information content (AvgIpc) is 3.05. The van der Waals surface area contributed by atoms with Crippen molar-refractivity contribution in [2.45, 2.75) is 37.3 Å². The van der Waals surface area contributed by atoms with Crippen LogP contribution in [0.2, 0.25) is 0 Å². The van der Waals surface area contributed by atoms with Crippen LogP contribution in [0.4, 0.5) is 0 Å². The minimum Gasteiger partial charge on any atom is -0.497 e. The Kier molecular flexibility index (Phi) is 4.79. The van der Waals surface area contributed by atoms with Gasteiger partial charge in [0.1, 0.15) is 5.75 Å². The van der Waals surface area contributed by atoms with Gasteiger partial charge in [0, 0.05) is 44.8 Å². The predicted molar refractivity (Wildman–Crippen MR) is 95.7 cm³/mol. The third-order valence-corrected chi connectivity index (χ3v) is 6.41. The summed E-state index contributed by atoms with van der Waals surface area (Å²) < 4.78 is 10.8. The Morgan fingerprint density at radius 1 is 1.12 bits per heavy atom. The summed E-state index contributed by atoms with van der Waals surface area (Å²) in [5.41, 5.74) is 1.45. The highest BCUT2D eigenvalue weighted by molar-refractivity contribution is 5.34. The highest BCUT2D eigenvalue weighted by Crippen LogP contribution is 2.46. The standard InChI is InChI=1S/C20H30N2O2/c1-23-12-4-9-22-14-18(16-5-3-6-17(13-16)24-2)20-19(22)15-7-10-21(20)11-8-15/h3,5-6,13,15,18-20H,4,7-12,14H2,1-2H3/t18-,19-,20-/m1/s1. The molecule has 2 bridgehead atoms. The van der Waals surface area contributed by atoms with Crippen molar-refractivity contribution >= 4 is 0 Å². The number of hydrogen-bond acceptors (Lipinski definition) is 4. The molecule has 0 aliphatic carbocycles. The lowest BCUT2D eigenvalue weighted by molar-refractivity contribution is -0.00804. The SMILES string of the molecule is COCCCN1C[C@H](c2cccc(OC)c2)[C@@H]2[C@H]1C1CCN2CC1. The molecule has 4 aliphatic heterocycles. The first kappa shape index (κ1) is 16.4. The monoisotopic (exact) mass is 330 g/mol. The molecule has 24 heavy (non-hydrogen) atoms. The van der Waals surface area contributed by atoms with Crippen molar-refractivity contribution in [3.8, 4) is 5.75 Å². The van der Waals surface area contributed by atoms with E-state index in [2.05, 4.69) is 34.1 Å². The Morgan fingerprint density at radius 3 is 2.71 bits per heavy atom. The Labute approximate surface area is 145 Å². The molecule has 4 heteroatoms. The van der Waals surface area contributed by atoms with Gasteiger partial charge in [-0.3, -0.25) is 9.80 Å². The van der Waals surface area contributed by atoms with Crippen LogP contribution in [0.1, 0.15) is 30.7 Å². The maximum absolute atomic E-state index is 5.47. The Morgan fingerprint density at radius 2 is 1.96 bits per heavy atom. The lowest BCUT2D eigenvalue weighted by Gasteiger charge is -2.51. The fraction of sp³-hybridized carbons (Fsp3) is 0.700. The van der Waals surface area contributed by atoms with E-state index in [1.54, 1.807) is 14.2 Å². The molecule has 0 amide bonds. The van der Waals surface area contributed by atoms with E-state index in [0.717, 1.165) is 30.7 Å². The lowest BCUT2D eigenvalue weighted by atomic mass is 9.75. The summed E-state index contributed by atoms with van der Waals surface area (Å²) in [4.78, 5) is 5.54. The summed E-state index contributed by atoms with van der Waals surface area (Å²) in [6, 6.07) is 10.2. The second-order valence-corrected chi connectivity index (χ2v) is 7.58. The van der Waals surface area contributed by atoms with Crippen LogP contribution in [0.25, 0.3) is 0 Å². The number of piperidine rings is 3. The van der Waals surface area contributed by atoms with Gasteiger partial charge >= 0.3 is 0 Å². The summed E-state index contributed by atoms with van der Waals surface area (Å²) >= 11 is 0. The van der Waals surface area contributed by atoms with Crippen LogP contribution in [0.15, 0.2) is 24.3 Å². The van der Waals surface area contributed by atoms with Crippen LogP contribution in [-0.4, -0.2) is 68.9 Å². The average molecular weight is 330 g/mol. The minimum atomic E-state index is 0.607. The summed E-state index contributed by atoms with van der Waals surface area (Å²) in [7, 11) is 3.57. The molecule has 3 atom stereocenters. The van der Waals surface area contributed by atoms with Crippen LogP contribution in [0, 0.1) is 5.92 Å². The maximum Gasteiger partial charge on any atom is 0.119 e. The van der Waals surface area contributed by atoms with E-state index in [9.17, 15) is 0 Å². The zero-order valence-electron chi connectivity index (χ0n) is 15.0. The van der Waals surface area contributed by atoms with E-state index in [-0.39, 0.29) is 0 Å². The first-order chi connectivity index (χ1) is 11.8. The number of fused-ring (bicyclic) bond motifs is 2. The van der Waals surface area contributed by atoms with Gasteiger partial charge in [0.2, 0.25) is 0 Å². The second kappa shape index (κ2) is 7.03. The molecule has 0 spiro atoms. The molecule has 4 saturated heterocycles. The molecule has 4 aliphatic rings. The normalized spacial score (nSPS) is 35.2. The zero-order chi connectivity index (χ0) is 16.5. The van der Waals surface area contributed by atoms with Crippen molar-refractivity contribution in [1.29, 1.82) is 0 Å². The molecular formula is C20H30N2O2. The molecule has 4 heterocycles. The molecule has 5 rings (SSSR count). The van der Waals surface area contributed by atoms with Crippen molar-refractivity contribution in [3.05, 3.63) is 29.8 Å². The first-order valence-electron chi connectivity index (χ1n) is 9.43. The molecule has 4 fully saturated rings. The van der Waals surface area contributed by atoms with Crippen LogP contribution < -0.4 is 4.74 Å². The van der Waals surface area contributed by atoms with Crippen molar-refractivity contribution in [2.75, 3.05) is 47.0 Å². The van der Waals surface area contributed by atoms with Gasteiger partial charge in [-0.2, -0.15) is 0 Å². The van der Waals surface area contributed by atoms with Crippen molar-refractivity contribution in [2.24, 2.45) is 5.92 Å². The molecular weight excluding hydrogens is 300 g/mol. The van der Waals surface area contributed by atoms with Gasteiger partial charge in [0.25, 0.3) is 0 Å². The number of ether oxygens (including phenoxy) is 2. The molecule has 0 saturated carbocycles. The third kappa shape index (κ3) is 2.85. The quantitative estimate of drug-likeness (QED) is 0.749. The van der Waals surface area contributed by atoms with Gasteiger partial charge in [-0.15, -0.1) is 0 Å². The molecule has 132 valence electrons. The van der Waals surface area contributed by atoms with Gasteiger partial charge in [0.15, 0.2) is 0 Å². The Hall–Kier alpha value is -1.10. The van der Waals surface area contributed by atoms with Gasteiger partial charge in [-0.25, -0.2) is 0 Å².